The van der Waals surface area contributed by atoms with Gasteiger partial charge in [0.05, 0.1) is 12.2 Å². The highest BCUT2D eigenvalue weighted by atomic mass is 32.2. The van der Waals surface area contributed by atoms with Crippen LogP contribution in [-0.4, -0.2) is 47.2 Å². The van der Waals surface area contributed by atoms with Crippen LogP contribution in [0.2, 0.25) is 0 Å². The first-order valence-corrected chi connectivity index (χ1v) is 10.9. The summed E-state index contributed by atoms with van der Waals surface area (Å²) >= 11 is 1.47. The molecule has 0 aliphatic rings. The van der Waals surface area contributed by atoms with Crippen LogP contribution in [0.5, 0.6) is 0 Å². The molecule has 164 valence electrons. The van der Waals surface area contributed by atoms with E-state index in [2.05, 4.69) is 32.5 Å². The fraction of sp³-hybridized carbons (Fsp3) is 0.318. The van der Waals surface area contributed by atoms with Crippen molar-refractivity contribution in [2.75, 3.05) is 25.5 Å². The number of allylic oxidation sites excluding steroid dienone is 1. The van der Waals surface area contributed by atoms with E-state index < -0.39 is 5.97 Å². The van der Waals surface area contributed by atoms with Gasteiger partial charge in [0.25, 0.3) is 0 Å². The third kappa shape index (κ3) is 6.92. The highest BCUT2D eigenvalue weighted by Crippen LogP contribution is 2.29. The molecule has 9 heteroatoms. The summed E-state index contributed by atoms with van der Waals surface area (Å²) in [5.41, 5.74) is 2.54. The quantitative estimate of drug-likeness (QED) is 0.355. The molecule has 0 unspecified atom stereocenters. The van der Waals surface area contributed by atoms with Crippen LogP contribution in [-0.2, 0) is 4.74 Å². The minimum atomic E-state index is -0.439. The highest BCUT2D eigenvalue weighted by Gasteiger charge is 2.16. The Hall–Kier alpha value is -3.20. The van der Waals surface area contributed by atoms with E-state index in [0.29, 0.717) is 23.5 Å². The number of amides is 2. The summed E-state index contributed by atoms with van der Waals surface area (Å²) in [6.07, 6.45) is 7.70. The Balaban J connectivity index is 2.53. The molecule has 0 spiro atoms. The third-order valence-corrected chi connectivity index (χ3v) is 4.94. The summed E-state index contributed by atoms with van der Waals surface area (Å²) < 4.78 is 5.08. The fourth-order valence-corrected chi connectivity index (χ4v) is 3.43. The van der Waals surface area contributed by atoms with Crippen molar-refractivity contribution >= 4 is 34.6 Å². The van der Waals surface area contributed by atoms with Crippen molar-refractivity contribution in [3.63, 3.8) is 0 Å². The number of pyridine rings is 2. The molecule has 0 aromatic carbocycles. The minimum absolute atomic E-state index is 0.281. The molecule has 0 fully saturated rings. The Morgan fingerprint density at radius 3 is 2.68 bits per heavy atom. The average molecular weight is 442 g/mol. The summed E-state index contributed by atoms with van der Waals surface area (Å²) in [6, 6.07) is 3.13. The normalized spacial score (nSPS) is 11.4. The molecule has 2 aromatic rings. The van der Waals surface area contributed by atoms with Crippen LogP contribution >= 0.6 is 11.8 Å². The number of thioether (sulfide) groups is 1. The maximum absolute atomic E-state index is 12.1. The second-order valence-electron chi connectivity index (χ2n) is 6.21. The van der Waals surface area contributed by atoms with Gasteiger partial charge in [0.2, 0.25) is 0 Å². The van der Waals surface area contributed by atoms with E-state index in [-0.39, 0.29) is 12.6 Å². The van der Waals surface area contributed by atoms with E-state index in [1.807, 2.05) is 18.4 Å². The molecular weight excluding hydrogens is 414 g/mol. The summed E-state index contributed by atoms with van der Waals surface area (Å²) in [4.78, 5) is 37.1. The lowest BCUT2D eigenvalue weighted by atomic mass is 10.0. The van der Waals surface area contributed by atoms with Crippen LogP contribution in [0.1, 0.15) is 43.1 Å². The first-order valence-electron chi connectivity index (χ1n) is 10.00. The number of aliphatic imine (C=N–C) groups is 1. The van der Waals surface area contributed by atoms with Gasteiger partial charge in [-0.25, -0.2) is 14.6 Å². The van der Waals surface area contributed by atoms with Crippen molar-refractivity contribution in [2.24, 2.45) is 4.99 Å². The number of nitrogens with one attached hydrogen (secondary N) is 2. The number of carbonyl (C=O) groups excluding carboxylic acids is 2. The zero-order valence-corrected chi connectivity index (χ0v) is 19.0. The number of anilines is 1. The predicted octanol–water partition coefficient (Wildman–Crippen LogP) is 4.50. The molecular formula is C22H27N5O3S. The lowest BCUT2D eigenvalue weighted by Crippen LogP contribution is -2.28. The maximum atomic E-state index is 12.1. The Kier molecular flexibility index (Phi) is 9.70. The number of carbonyl (C=O) groups is 2. The standard InChI is InChI=1S/C22H27N5O3S/c1-5-8-9-31-20(23-4)17-11-19(27-22(29)25-6-2)26-14-18(17)15-10-16(13-24-12-15)21(28)30-7-3/h8-14H,5-7H2,1-4H3,(H2,25,26,27,29)/b9-8+,23-20?. The van der Waals surface area contributed by atoms with Crippen molar-refractivity contribution in [3.8, 4) is 11.1 Å². The molecule has 2 aromatic heterocycles. The average Bonchev–Trinajstić information content (AvgIpc) is 2.77. The van der Waals surface area contributed by atoms with Gasteiger partial charge in [0.1, 0.15) is 10.9 Å². The zero-order chi connectivity index (χ0) is 22.6. The molecule has 2 rings (SSSR count). The summed E-state index contributed by atoms with van der Waals surface area (Å²) in [5, 5.41) is 8.11. The zero-order valence-electron chi connectivity index (χ0n) is 18.1. The number of esters is 1. The van der Waals surface area contributed by atoms with Gasteiger partial charge in [0.15, 0.2) is 0 Å². The Morgan fingerprint density at radius 2 is 2.00 bits per heavy atom. The molecule has 0 saturated heterocycles. The van der Waals surface area contributed by atoms with Gasteiger partial charge in [-0.3, -0.25) is 15.3 Å². The topological polar surface area (TPSA) is 106 Å². The lowest BCUT2D eigenvalue weighted by molar-refractivity contribution is 0.0526. The van der Waals surface area contributed by atoms with E-state index in [4.69, 9.17) is 4.74 Å². The summed E-state index contributed by atoms with van der Waals surface area (Å²) in [5.74, 6) is -0.0500. The van der Waals surface area contributed by atoms with Crippen LogP contribution in [0.3, 0.4) is 0 Å². The van der Waals surface area contributed by atoms with Crippen molar-refractivity contribution in [3.05, 3.63) is 53.3 Å². The number of hydrogen-bond donors (Lipinski definition) is 2. The molecule has 8 nitrogen and oxygen atoms in total. The number of nitrogens with zero attached hydrogens (tertiary/aromatic N) is 3. The number of ether oxygens (including phenoxy) is 1. The van der Waals surface area contributed by atoms with Gasteiger partial charge < -0.3 is 10.1 Å². The largest absolute Gasteiger partial charge is 0.462 e. The molecule has 31 heavy (non-hydrogen) atoms. The molecule has 0 bridgehead atoms. The van der Waals surface area contributed by atoms with Gasteiger partial charge in [-0.05, 0) is 37.8 Å². The van der Waals surface area contributed by atoms with Crippen molar-refractivity contribution in [1.29, 1.82) is 0 Å². The Bertz CT molecular complexity index is 975. The van der Waals surface area contributed by atoms with Gasteiger partial charge >= 0.3 is 12.0 Å². The maximum Gasteiger partial charge on any atom is 0.339 e. The number of hydrogen-bond acceptors (Lipinski definition) is 7. The molecule has 2 heterocycles. The van der Waals surface area contributed by atoms with E-state index in [1.165, 1.54) is 18.0 Å². The van der Waals surface area contributed by atoms with Crippen molar-refractivity contribution in [2.45, 2.75) is 27.2 Å². The first-order chi connectivity index (χ1) is 15.0. The van der Waals surface area contributed by atoms with E-state index >= 15 is 0 Å². The molecule has 0 atom stereocenters. The Morgan fingerprint density at radius 1 is 1.19 bits per heavy atom. The highest BCUT2D eigenvalue weighted by molar-refractivity contribution is 8.16. The second kappa shape index (κ2) is 12.5. The smallest absolute Gasteiger partial charge is 0.339 e. The van der Waals surface area contributed by atoms with E-state index in [1.54, 1.807) is 38.5 Å². The molecule has 0 radical (unpaired) electrons. The van der Waals surface area contributed by atoms with Gasteiger partial charge in [0, 0.05) is 48.9 Å². The minimum Gasteiger partial charge on any atom is -0.462 e. The molecule has 0 aliphatic carbocycles. The summed E-state index contributed by atoms with van der Waals surface area (Å²) in [6.45, 7) is 6.43. The molecule has 0 saturated carbocycles. The molecule has 2 amide bonds. The predicted molar refractivity (Wildman–Crippen MR) is 126 cm³/mol. The van der Waals surface area contributed by atoms with Gasteiger partial charge in [-0.15, -0.1) is 0 Å². The van der Waals surface area contributed by atoms with Crippen molar-refractivity contribution < 1.29 is 14.3 Å². The van der Waals surface area contributed by atoms with Crippen LogP contribution in [0.15, 0.2) is 47.2 Å². The van der Waals surface area contributed by atoms with Crippen LogP contribution in [0, 0.1) is 0 Å². The Labute approximate surface area is 186 Å². The molecule has 2 N–H and O–H groups in total. The number of rotatable bonds is 8. The SMILES string of the molecule is CC/C=C/SC(=NC)c1cc(NC(=O)NCC)ncc1-c1cncc(C(=O)OCC)c1. The third-order valence-electron chi connectivity index (χ3n) is 3.99. The fourth-order valence-electron chi connectivity index (χ4n) is 2.61. The van der Waals surface area contributed by atoms with Gasteiger partial charge in [-0.2, -0.15) is 0 Å². The second-order valence-corrected chi connectivity index (χ2v) is 7.10. The van der Waals surface area contributed by atoms with E-state index in [9.17, 15) is 9.59 Å². The van der Waals surface area contributed by atoms with Crippen molar-refractivity contribution in [1.82, 2.24) is 15.3 Å². The number of urea groups is 1. The van der Waals surface area contributed by atoms with Crippen LogP contribution in [0.4, 0.5) is 10.6 Å². The first kappa shape index (κ1) is 24.1. The summed E-state index contributed by atoms with van der Waals surface area (Å²) in [7, 11) is 1.70. The van der Waals surface area contributed by atoms with Gasteiger partial charge in [-0.1, -0.05) is 24.8 Å². The molecule has 0 aliphatic heterocycles. The van der Waals surface area contributed by atoms with Crippen LogP contribution < -0.4 is 10.6 Å². The number of aromatic nitrogens is 2. The van der Waals surface area contributed by atoms with E-state index in [0.717, 1.165) is 22.6 Å². The monoisotopic (exact) mass is 441 g/mol. The van der Waals surface area contributed by atoms with Crippen LogP contribution in [0.25, 0.3) is 11.1 Å². The lowest BCUT2D eigenvalue weighted by Gasteiger charge is -2.13.